The van der Waals surface area contributed by atoms with Crippen LogP contribution < -0.4 is 0 Å². The number of carbonyl (C=O) groups is 2. The third-order valence-electron chi connectivity index (χ3n) is 2.41. The molecule has 1 aromatic carbocycles. The highest BCUT2D eigenvalue weighted by molar-refractivity contribution is 5.94. The molecule has 0 radical (unpaired) electrons. The maximum Gasteiger partial charge on any atom is 0.306 e. The second-order valence-corrected chi connectivity index (χ2v) is 3.79. The van der Waals surface area contributed by atoms with Crippen molar-refractivity contribution >= 4 is 11.8 Å². The van der Waals surface area contributed by atoms with Crippen molar-refractivity contribution in [2.24, 2.45) is 0 Å². The van der Waals surface area contributed by atoms with Crippen LogP contribution in [0.4, 0.5) is 0 Å². The smallest absolute Gasteiger partial charge is 0.306 e. The lowest BCUT2D eigenvalue weighted by molar-refractivity contribution is -0.141. The summed E-state index contributed by atoms with van der Waals surface area (Å²) in [6.07, 6.45) is -3.17. The Morgan fingerprint density at radius 3 is 2.12 bits per heavy atom. The number of aliphatic carboxylic acids is 1. The summed E-state index contributed by atoms with van der Waals surface area (Å²) in [5, 5.41) is 27.6. The topological polar surface area (TPSA) is 94.8 Å². The summed E-state index contributed by atoms with van der Waals surface area (Å²) in [6, 6.07) is 6.03. The Labute approximate surface area is 98.3 Å². The van der Waals surface area contributed by atoms with Crippen LogP contribution in [0, 0.1) is 0 Å². The largest absolute Gasteiger partial charge is 0.481 e. The zero-order chi connectivity index (χ0) is 13.0. The van der Waals surface area contributed by atoms with Gasteiger partial charge < -0.3 is 15.3 Å². The normalized spacial score (nSPS) is 14.1. The van der Waals surface area contributed by atoms with Crippen molar-refractivity contribution in [3.05, 3.63) is 35.4 Å². The molecule has 0 aliphatic carbocycles. The predicted molar refractivity (Wildman–Crippen MR) is 59.7 cm³/mol. The van der Waals surface area contributed by atoms with Gasteiger partial charge in [0.15, 0.2) is 5.78 Å². The van der Waals surface area contributed by atoms with Crippen LogP contribution in [-0.2, 0) is 4.79 Å². The highest BCUT2D eigenvalue weighted by Gasteiger charge is 2.21. The predicted octanol–water partition coefficient (Wildman–Crippen LogP) is 0.758. The Hall–Kier alpha value is -1.72. The van der Waals surface area contributed by atoms with Crippen molar-refractivity contribution < 1.29 is 24.9 Å². The molecule has 2 atom stereocenters. The van der Waals surface area contributed by atoms with E-state index < -0.39 is 24.6 Å². The van der Waals surface area contributed by atoms with Crippen molar-refractivity contribution in [2.45, 2.75) is 25.6 Å². The van der Waals surface area contributed by atoms with E-state index in [9.17, 15) is 19.8 Å². The van der Waals surface area contributed by atoms with Crippen molar-refractivity contribution in [1.29, 1.82) is 0 Å². The molecular weight excluding hydrogens is 224 g/mol. The van der Waals surface area contributed by atoms with Gasteiger partial charge in [-0.1, -0.05) is 24.3 Å². The molecule has 0 bridgehead atoms. The summed E-state index contributed by atoms with van der Waals surface area (Å²) in [4.78, 5) is 21.4. The summed E-state index contributed by atoms with van der Waals surface area (Å²) in [7, 11) is 0. The van der Waals surface area contributed by atoms with Crippen LogP contribution in [-0.4, -0.2) is 33.2 Å². The van der Waals surface area contributed by atoms with Gasteiger partial charge in [-0.2, -0.15) is 0 Å². The zero-order valence-electron chi connectivity index (χ0n) is 9.33. The molecule has 0 saturated carbocycles. The Bertz CT molecular complexity index is 409. The van der Waals surface area contributed by atoms with Crippen molar-refractivity contribution in [2.75, 3.05) is 0 Å². The van der Waals surface area contributed by atoms with E-state index in [1.807, 2.05) is 0 Å². The van der Waals surface area contributed by atoms with E-state index in [1.165, 1.54) is 31.2 Å². The minimum absolute atomic E-state index is 0.0999. The number of aliphatic hydroxyl groups excluding tert-OH is 2. The van der Waals surface area contributed by atoms with Crippen LogP contribution >= 0.6 is 0 Å². The first-order valence-electron chi connectivity index (χ1n) is 5.10. The molecule has 0 aliphatic heterocycles. The van der Waals surface area contributed by atoms with Crippen LogP contribution in [0.3, 0.4) is 0 Å². The van der Waals surface area contributed by atoms with Gasteiger partial charge in [0.1, 0.15) is 6.10 Å². The zero-order valence-corrected chi connectivity index (χ0v) is 9.33. The molecule has 2 unspecified atom stereocenters. The maximum absolute atomic E-state index is 11.0. The first-order chi connectivity index (χ1) is 7.91. The molecule has 1 aromatic rings. The molecule has 0 aromatic heterocycles. The van der Waals surface area contributed by atoms with Gasteiger partial charge in [-0.25, -0.2) is 0 Å². The van der Waals surface area contributed by atoms with E-state index >= 15 is 0 Å². The lowest BCUT2D eigenvalue weighted by Crippen LogP contribution is -2.21. The summed E-state index contributed by atoms with van der Waals surface area (Å²) >= 11 is 0. The minimum Gasteiger partial charge on any atom is -0.481 e. The molecule has 5 heteroatoms. The summed E-state index contributed by atoms with van der Waals surface area (Å²) in [5.74, 6) is -1.28. The fourth-order valence-corrected chi connectivity index (χ4v) is 1.43. The fraction of sp³-hybridized carbons (Fsp3) is 0.333. The van der Waals surface area contributed by atoms with Crippen LogP contribution in [0.15, 0.2) is 24.3 Å². The van der Waals surface area contributed by atoms with E-state index in [-0.39, 0.29) is 5.78 Å². The number of rotatable bonds is 5. The van der Waals surface area contributed by atoms with E-state index in [1.54, 1.807) is 0 Å². The van der Waals surface area contributed by atoms with Crippen LogP contribution in [0.2, 0.25) is 0 Å². The van der Waals surface area contributed by atoms with Gasteiger partial charge in [-0.3, -0.25) is 9.59 Å². The first kappa shape index (κ1) is 13.3. The number of carbonyl (C=O) groups excluding carboxylic acids is 1. The molecular formula is C12H14O5. The van der Waals surface area contributed by atoms with Crippen molar-refractivity contribution in [3.8, 4) is 0 Å². The lowest BCUT2D eigenvalue weighted by Gasteiger charge is -2.16. The Balaban J connectivity index is 2.78. The second-order valence-electron chi connectivity index (χ2n) is 3.79. The number of carboxylic acid groups (broad SMARTS) is 1. The average molecular weight is 238 g/mol. The summed E-state index contributed by atoms with van der Waals surface area (Å²) < 4.78 is 0. The molecule has 0 fully saturated rings. The maximum atomic E-state index is 11.0. The molecule has 0 saturated heterocycles. The number of hydrogen-bond donors (Lipinski definition) is 3. The van der Waals surface area contributed by atoms with Gasteiger partial charge in [0.2, 0.25) is 0 Å². The summed E-state index contributed by atoms with van der Waals surface area (Å²) in [6.45, 7) is 1.42. The fourth-order valence-electron chi connectivity index (χ4n) is 1.43. The van der Waals surface area contributed by atoms with Gasteiger partial charge >= 0.3 is 5.97 Å². The third kappa shape index (κ3) is 3.65. The number of Topliss-reactive ketones (excluding diaryl/α,β-unsaturated/α-hetero) is 1. The van der Waals surface area contributed by atoms with E-state index in [0.717, 1.165) is 0 Å². The van der Waals surface area contributed by atoms with E-state index in [0.29, 0.717) is 11.1 Å². The number of carboxylic acids is 1. The van der Waals surface area contributed by atoms with E-state index in [4.69, 9.17) is 5.11 Å². The Morgan fingerprint density at radius 1 is 1.18 bits per heavy atom. The molecule has 1 rings (SSSR count). The third-order valence-corrected chi connectivity index (χ3v) is 2.41. The van der Waals surface area contributed by atoms with Gasteiger partial charge in [-0.15, -0.1) is 0 Å². The SMILES string of the molecule is CC(=O)c1ccc(C(O)C(O)CC(=O)O)cc1. The average Bonchev–Trinajstić information content (AvgIpc) is 2.27. The standard InChI is InChI=1S/C12H14O5/c1-7(13)8-2-4-9(5-3-8)12(17)10(14)6-11(15)16/h2-5,10,12,14,17H,6H2,1H3,(H,15,16). The first-order valence-corrected chi connectivity index (χ1v) is 5.10. The Morgan fingerprint density at radius 2 is 1.71 bits per heavy atom. The van der Waals surface area contributed by atoms with Crippen LogP contribution in [0.25, 0.3) is 0 Å². The quantitative estimate of drug-likeness (QED) is 0.658. The molecule has 0 heterocycles. The van der Waals surface area contributed by atoms with Gasteiger partial charge in [0.05, 0.1) is 12.5 Å². The lowest BCUT2D eigenvalue weighted by atomic mass is 10.00. The number of ketones is 1. The summed E-state index contributed by atoms with van der Waals surface area (Å²) in [5.41, 5.74) is 0.873. The van der Waals surface area contributed by atoms with Crippen LogP contribution in [0.1, 0.15) is 35.4 Å². The molecule has 17 heavy (non-hydrogen) atoms. The van der Waals surface area contributed by atoms with Gasteiger partial charge in [-0.05, 0) is 12.5 Å². The number of aliphatic hydroxyl groups is 2. The van der Waals surface area contributed by atoms with Gasteiger partial charge in [0.25, 0.3) is 0 Å². The van der Waals surface area contributed by atoms with Crippen molar-refractivity contribution in [3.63, 3.8) is 0 Å². The molecule has 3 N–H and O–H groups in total. The van der Waals surface area contributed by atoms with Crippen LogP contribution in [0.5, 0.6) is 0 Å². The molecule has 0 aliphatic rings. The number of benzene rings is 1. The van der Waals surface area contributed by atoms with Crippen molar-refractivity contribution in [1.82, 2.24) is 0 Å². The minimum atomic E-state index is -1.37. The molecule has 5 nitrogen and oxygen atoms in total. The molecule has 0 spiro atoms. The second kappa shape index (κ2) is 5.56. The van der Waals surface area contributed by atoms with Gasteiger partial charge in [0, 0.05) is 5.56 Å². The Kier molecular flexibility index (Phi) is 4.37. The highest BCUT2D eigenvalue weighted by Crippen LogP contribution is 2.19. The number of hydrogen-bond acceptors (Lipinski definition) is 4. The monoisotopic (exact) mass is 238 g/mol. The highest BCUT2D eigenvalue weighted by atomic mass is 16.4. The van der Waals surface area contributed by atoms with E-state index in [2.05, 4.69) is 0 Å². The molecule has 0 amide bonds. The molecule has 92 valence electrons.